The topological polar surface area (TPSA) is 116 Å². The van der Waals surface area contributed by atoms with Crippen LogP contribution in [0.5, 0.6) is 0 Å². The van der Waals surface area contributed by atoms with Crippen molar-refractivity contribution in [1.29, 1.82) is 0 Å². The zero-order valence-corrected chi connectivity index (χ0v) is 18.0. The summed E-state index contributed by atoms with van der Waals surface area (Å²) in [5.41, 5.74) is 0.371. The third kappa shape index (κ3) is 4.55. The van der Waals surface area contributed by atoms with Crippen molar-refractivity contribution < 1.29 is 22.5 Å². The van der Waals surface area contributed by atoms with Gasteiger partial charge in [-0.3, -0.25) is 4.79 Å². The van der Waals surface area contributed by atoms with Gasteiger partial charge in [-0.15, -0.1) is 0 Å². The second kappa shape index (κ2) is 8.70. The summed E-state index contributed by atoms with van der Waals surface area (Å²) in [6, 6.07) is -0.121. The average Bonchev–Trinajstić information content (AvgIpc) is 3.06. The fourth-order valence-corrected chi connectivity index (χ4v) is 5.78. The van der Waals surface area contributed by atoms with Crippen LogP contribution in [0.15, 0.2) is 9.42 Å². The molecule has 0 spiro atoms. The van der Waals surface area contributed by atoms with Crippen molar-refractivity contribution in [2.24, 2.45) is 5.92 Å². The molecule has 0 bridgehead atoms. The maximum atomic E-state index is 12.9. The van der Waals surface area contributed by atoms with Crippen molar-refractivity contribution in [3.63, 3.8) is 0 Å². The van der Waals surface area contributed by atoms with Gasteiger partial charge in [0.1, 0.15) is 10.6 Å². The number of hydrogen-bond acceptors (Lipinski definition) is 6. The van der Waals surface area contributed by atoms with Gasteiger partial charge in [-0.25, -0.2) is 13.2 Å². The molecule has 11 heteroatoms. The molecule has 0 radical (unpaired) electrons. The minimum Gasteiger partial charge on any atom is -0.360 e. The van der Waals surface area contributed by atoms with Gasteiger partial charge < -0.3 is 19.6 Å². The molecule has 1 aromatic rings. The van der Waals surface area contributed by atoms with Crippen LogP contribution < -0.4 is 5.32 Å². The quantitative estimate of drug-likeness (QED) is 0.751. The highest BCUT2D eigenvalue weighted by Gasteiger charge is 2.35. The van der Waals surface area contributed by atoms with E-state index in [9.17, 15) is 18.0 Å². The number of urea groups is 1. The molecule has 0 atom stereocenters. The van der Waals surface area contributed by atoms with Crippen LogP contribution in [0.2, 0.25) is 0 Å². The first kappa shape index (κ1) is 21.6. The molecule has 2 aliphatic heterocycles. The minimum absolute atomic E-state index is 0.0774. The van der Waals surface area contributed by atoms with Gasteiger partial charge in [-0.05, 0) is 32.6 Å². The number of carbonyl (C=O) groups is 2. The normalized spacial score (nSPS) is 19.4. The number of piperidine rings is 1. The average molecular weight is 428 g/mol. The van der Waals surface area contributed by atoms with Crippen molar-refractivity contribution in [1.82, 2.24) is 24.6 Å². The Balaban J connectivity index is 1.50. The van der Waals surface area contributed by atoms with Crippen molar-refractivity contribution >= 4 is 22.0 Å². The molecule has 3 rings (SSSR count). The summed E-state index contributed by atoms with van der Waals surface area (Å²) in [6.45, 7) is 6.11. The largest absolute Gasteiger partial charge is 0.360 e. The van der Waals surface area contributed by atoms with E-state index < -0.39 is 10.0 Å². The monoisotopic (exact) mass is 427 g/mol. The number of carbonyl (C=O) groups excluding carboxylic acids is 2. The van der Waals surface area contributed by atoms with E-state index in [1.807, 2.05) is 0 Å². The number of sulfonamides is 1. The van der Waals surface area contributed by atoms with E-state index in [-0.39, 0.29) is 22.8 Å². The Morgan fingerprint density at radius 2 is 1.66 bits per heavy atom. The van der Waals surface area contributed by atoms with Gasteiger partial charge in [0.15, 0.2) is 5.76 Å². The molecular weight excluding hydrogens is 398 g/mol. The summed E-state index contributed by atoms with van der Waals surface area (Å²) in [4.78, 5) is 27.9. The first-order chi connectivity index (χ1) is 13.7. The lowest BCUT2D eigenvalue weighted by atomic mass is 9.94. The number of piperazine rings is 1. The molecule has 2 saturated heterocycles. The molecule has 2 aliphatic rings. The zero-order chi connectivity index (χ0) is 21.2. The molecule has 10 nitrogen and oxygen atoms in total. The number of aromatic nitrogens is 1. The number of rotatable bonds is 4. The van der Waals surface area contributed by atoms with Crippen LogP contribution in [0.4, 0.5) is 4.79 Å². The standard InChI is InChI=1S/C18H29N5O5S/c1-13-17(14(2)28-20-13)29(26,27)23-6-4-15(5-7-23)12-16(24)21-8-10-22(11-9-21)18(25)19-3/h15H,4-12H2,1-3H3,(H,19,25). The molecule has 0 aliphatic carbocycles. The number of nitrogens with zero attached hydrogens (tertiary/aromatic N) is 4. The van der Waals surface area contributed by atoms with Crippen LogP contribution in [0.1, 0.15) is 30.7 Å². The van der Waals surface area contributed by atoms with Crippen molar-refractivity contribution in [3.05, 3.63) is 11.5 Å². The van der Waals surface area contributed by atoms with E-state index >= 15 is 0 Å². The van der Waals surface area contributed by atoms with Gasteiger partial charge in [0.05, 0.1) is 0 Å². The van der Waals surface area contributed by atoms with E-state index in [1.54, 1.807) is 30.7 Å². The summed E-state index contributed by atoms with van der Waals surface area (Å²) in [7, 11) is -2.04. The van der Waals surface area contributed by atoms with Crippen molar-refractivity contribution in [3.8, 4) is 0 Å². The lowest BCUT2D eigenvalue weighted by Crippen LogP contribution is -2.53. The fraction of sp³-hybridized carbons (Fsp3) is 0.722. The van der Waals surface area contributed by atoms with Gasteiger partial charge in [0.25, 0.3) is 0 Å². The Morgan fingerprint density at radius 3 is 2.17 bits per heavy atom. The number of aryl methyl sites for hydroxylation is 2. The SMILES string of the molecule is CNC(=O)N1CCN(C(=O)CC2CCN(S(=O)(=O)c3c(C)noc3C)CC2)CC1. The Hall–Kier alpha value is -2.14. The van der Waals surface area contributed by atoms with Crippen LogP contribution >= 0.6 is 0 Å². The highest BCUT2D eigenvalue weighted by molar-refractivity contribution is 7.89. The van der Waals surface area contributed by atoms with Gasteiger partial charge in [0.2, 0.25) is 15.9 Å². The maximum absolute atomic E-state index is 12.9. The predicted octanol–water partition coefficient (Wildman–Crippen LogP) is 0.566. The van der Waals surface area contributed by atoms with Crippen LogP contribution in [-0.4, -0.2) is 85.9 Å². The van der Waals surface area contributed by atoms with Gasteiger partial charge in [-0.2, -0.15) is 4.31 Å². The predicted molar refractivity (Wildman–Crippen MR) is 105 cm³/mol. The zero-order valence-electron chi connectivity index (χ0n) is 17.2. The lowest BCUT2D eigenvalue weighted by Gasteiger charge is -2.36. The second-order valence-corrected chi connectivity index (χ2v) is 9.50. The molecule has 3 heterocycles. The minimum atomic E-state index is -3.63. The number of amides is 3. The molecule has 0 unspecified atom stereocenters. The molecule has 0 aromatic carbocycles. The summed E-state index contributed by atoms with van der Waals surface area (Å²) >= 11 is 0. The molecule has 2 fully saturated rings. The van der Waals surface area contributed by atoms with E-state index in [0.29, 0.717) is 70.0 Å². The third-order valence-corrected chi connectivity index (χ3v) is 7.88. The van der Waals surface area contributed by atoms with Crippen LogP contribution in [0.25, 0.3) is 0 Å². The van der Waals surface area contributed by atoms with E-state index in [2.05, 4.69) is 10.5 Å². The van der Waals surface area contributed by atoms with Gasteiger partial charge in [0, 0.05) is 52.7 Å². The Morgan fingerprint density at radius 1 is 1.07 bits per heavy atom. The van der Waals surface area contributed by atoms with Crippen molar-refractivity contribution in [2.75, 3.05) is 46.3 Å². The first-order valence-electron chi connectivity index (χ1n) is 9.91. The second-order valence-electron chi connectivity index (χ2n) is 7.63. The molecule has 1 aromatic heterocycles. The van der Waals surface area contributed by atoms with E-state index in [0.717, 1.165) is 0 Å². The Kier molecular flexibility index (Phi) is 6.47. The molecule has 29 heavy (non-hydrogen) atoms. The maximum Gasteiger partial charge on any atom is 0.317 e. The summed E-state index contributed by atoms with van der Waals surface area (Å²) in [5.74, 6) is 0.542. The Labute approximate surface area is 171 Å². The first-order valence-corrected chi connectivity index (χ1v) is 11.4. The van der Waals surface area contributed by atoms with Gasteiger partial charge >= 0.3 is 6.03 Å². The molecule has 1 N–H and O–H groups in total. The van der Waals surface area contributed by atoms with E-state index in [4.69, 9.17) is 4.52 Å². The summed E-state index contributed by atoms with van der Waals surface area (Å²) < 4.78 is 32.2. The summed E-state index contributed by atoms with van der Waals surface area (Å²) in [5, 5.41) is 6.34. The Bertz CT molecular complexity index is 832. The highest BCUT2D eigenvalue weighted by atomic mass is 32.2. The van der Waals surface area contributed by atoms with E-state index in [1.165, 1.54) is 4.31 Å². The molecule has 0 saturated carbocycles. The third-order valence-electron chi connectivity index (χ3n) is 5.74. The number of nitrogens with one attached hydrogen (secondary N) is 1. The van der Waals surface area contributed by atoms with Gasteiger partial charge in [-0.1, -0.05) is 5.16 Å². The smallest absolute Gasteiger partial charge is 0.317 e. The van der Waals surface area contributed by atoms with Crippen molar-refractivity contribution in [2.45, 2.75) is 38.0 Å². The molecular formula is C18H29N5O5S. The fourth-order valence-electron chi connectivity index (χ4n) is 4.02. The molecule has 162 valence electrons. The summed E-state index contributed by atoms with van der Waals surface area (Å²) in [6.07, 6.45) is 1.71. The molecule has 3 amide bonds. The van der Waals surface area contributed by atoms with Crippen LogP contribution in [0, 0.1) is 19.8 Å². The van der Waals surface area contributed by atoms with Crippen LogP contribution in [0.3, 0.4) is 0 Å². The number of hydrogen-bond donors (Lipinski definition) is 1. The lowest BCUT2D eigenvalue weighted by molar-refractivity contribution is -0.133. The highest BCUT2D eigenvalue weighted by Crippen LogP contribution is 2.29. The van der Waals surface area contributed by atoms with Crippen LogP contribution in [-0.2, 0) is 14.8 Å².